The molecule has 4 aliphatic carbocycles. The summed E-state index contributed by atoms with van der Waals surface area (Å²) in [5.74, 6) is 0.997. The molecule has 10 heteroatoms. The highest BCUT2D eigenvalue weighted by molar-refractivity contribution is 5.75. The Kier molecular flexibility index (Phi) is 10.2. The van der Waals surface area contributed by atoms with Crippen molar-refractivity contribution in [1.82, 2.24) is 4.90 Å². The smallest absolute Gasteiger partial charge is 0.222 e. The quantitative estimate of drug-likeness (QED) is 0.178. The van der Waals surface area contributed by atoms with Crippen molar-refractivity contribution in [1.29, 1.82) is 0 Å². The van der Waals surface area contributed by atoms with Crippen LogP contribution in [-0.4, -0.2) is 115 Å². The van der Waals surface area contributed by atoms with Gasteiger partial charge in [0.05, 0.1) is 24.9 Å². The first-order valence-corrected chi connectivity index (χ1v) is 15.8. The van der Waals surface area contributed by atoms with E-state index < -0.39 is 43.2 Å². The Morgan fingerprint density at radius 3 is 2.24 bits per heavy atom. The molecule has 4 fully saturated rings. The molecule has 1 amide bonds. The molecule has 0 saturated heterocycles. The minimum Gasteiger partial charge on any atom is -0.394 e. The summed E-state index contributed by atoms with van der Waals surface area (Å²) in [4.78, 5) is 14.2. The third-order valence-corrected chi connectivity index (χ3v) is 12.5. The molecule has 10 nitrogen and oxygen atoms in total. The number of amides is 1. The zero-order chi connectivity index (χ0) is 30.4. The van der Waals surface area contributed by atoms with Crippen molar-refractivity contribution in [3.05, 3.63) is 0 Å². The Morgan fingerprint density at radius 1 is 0.927 bits per heavy atom. The molecule has 0 aromatic carbocycles. The molecule has 41 heavy (non-hydrogen) atoms. The standard InChI is InChI=1S/C31H55NO9/c1-16(5-8-26(39)32(4)14-23(36)28(40)29(41)24(37)15-33)19-6-7-20-27-21(13-25(38)31(19,20)3)30(2)10-9-18(34)11-17(30)12-22(27)35/h16-25,27-29,33-38,40-41H,5-15H2,1-4H3. The first-order valence-electron chi connectivity index (χ1n) is 15.8. The van der Waals surface area contributed by atoms with Crippen LogP contribution in [0.1, 0.15) is 78.6 Å². The van der Waals surface area contributed by atoms with Crippen LogP contribution < -0.4 is 0 Å². The molecular weight excluding hydrogens is 530 g/mol. The minimum atomic E-state index is -1.74. The molecule has 0 bridgehead atoms. The van der Waals surface area contributed by atoms with Gasteiger partial charge in [-0.2, -0.15) is 0 Å². The number of hydrogen-bond acceptors (Lipinski definition) is 9. The number of likely N-dealkylation sites (N-methyl/N-ethyl adjacent to an activating group) is 1. The second-order valence-corrected chi connectivity index (χ2v) is 14.6. The van der Waals surface area contributed by atoms with Crippen molar-refractivity contribution in [3.63, 3.8) is 0 Å². The highest BCUT2D eigenvalue weighted by atomic mass is 16.4. The highest BCUT2D eigenvalue weighted by Gasteiger charge is 2.65. The molecule has 4 saturated carbocycles. The van der Waals surface area contributed by atoms with E-state index in [2.05, 4.69) is 20.8 Å². The first kappa shape index (κ1) is 33.1. The molecular formula is C31H55NO9. The van der Waals surface area contributed by atoms with Crippen molar-refractivity contribution in [2.75, 3.05) is 20.2 Å². The fraction of sp³-hybridized carbons (Fsp3) is 0.968. The lowest BCUT2D eigenvalue weighted by atomic mass is 9.43. The van der Waals surface area contributed by atoms with Crippen molar-refractivity contribution in [3.8, 4) is 0 Å². The van der Waals surface area contributed by atoms with E-state index in [1.165, 1.54) is 11.9 Å². The third kappa shape index (κ3) is 5.97. The molecule has 4 rings (SSSR count). The van der Waals surface area contributed by atoms with Crippen LogP contribution in [0.2, 0.25) is 0 Å². The second-order valence-electron chi connectivity index (χ2n) is 14.6. The van der Waals surface area contributed by atoms with Crippen LogP contribution in [0.3, 0.4) is 0 Å². The summed E-state index contributed by atoms with van der Waals surface area (Å²) in [5.41, 5.74) is -0.325. The summed E-state index contributed by atoms with van der Waals surface area (Å²) in [5, 5.41) is 82.2. The van der Waals surface area contributed by atoms with Gasteiger partial charge in [0.1, 0.15) is 24.4 Å². The van der Waals surface area contributed by atoms with Gasteiger partial charge in [0.15, 0.2) is 0 Å². The van der Waals surface area contributed by atoms with Gasteiger partial charge in [-0.3, -0.25) is 4.79 Å². The van der Waals surface area contributed by atoms with Crippen LogP contribution in [0.15, 0.2) is 0 Å². The lowest BCUT2D eigenvalue weighted by Crippen LogP contribution is -2.62. The Balaban J connectivity index is 1.37. The van der Waals surface area contributed by atoms with Gasteiger partial charge >= 0.3 is 0 Å². The highest BCUT2D eigenvalue weighted by Crippen LogP contribution is 2.68. The predicted octanol–water partition coefficient (Wildman–Crippen LogP) is 0.258. The fourth-order valence-electron chi connectivity index (χ4n) is 9.93. The largest absolute Gasteiger partial charge is 0.394 e. The summed E-state index contributed by atoms with van der Waals surface area (Å²) in [6, 6.07) is 0. The molecule has 0 radical (unpaired) electrons. The van der Waals surface area contributed by atoms with E-state index in [-0.39, 0.29) is 71.3 Å². The zero-order valence-corrected chi connectivity index (χ0v) is 25.2. The maximum absolute atomic E-state index is 12.9. The topological polar surface area (TPSA) is 182 Å². The number of aliphatic hydroxyl groups excluding tert-OH is 8. The maximum atomic E-state index is 12.9. The van der Waals surface area contributed by atoms with Gasteiger partial charge in [0.2, 0.25) is 5.91 Å². The van der Waals surface area contributed by atoms with Crippen molar-refractivity contribution in [2.45, 2.75) is 121 Å². The Bertz CT molecular complexity index is 907. The molecule has 8 N–H and O–H groups in total. The average Bonchev–Trinajstić information content (AvgIpc) is 3.29. The van der Waals surface area contributed by atoms with E-state index in [1.807, 2.05) is 0 Å². The summed E-state index contributed by atoms with van der Waals surface area (Å²) in [7, 11) is 1.51. The first-order chi connectivity index (χ1) is 19.2. The van der Waals surface area contributed by atoms with E-state index >= 15 is 0 Å². The van der Waals surface area contributed by atoms with E-state index in [9.17, 15) is 40.5 Å². The summed E-state index contributed by atoms with van der Waals surface area (Å²) in [6.07, 6.45) is -1.21. The summed E-state index contributed by atoms with van der Waals surface area (Å²) in [6.45, 7) is 5.65. The normalized spacial score (nSPS) is 44.1. The van der Waals surface area contributed by atoms with E-state index in [0.29, 0.717) is 12.8 Å². The Morgan fingerprint density at radius 2 is 1.59 bits per heavy atom. The molecule has 4 aliphatic rings. The maximum Gasteiger partial charge on any atom is 0.222 e. The monoisotopic (exact) mass is 585 g/mol. The average molecular weight is 586 g/mol. The molecule has 15 atom stereocenters. The number of fused-ring (bicyclic) bond motifs is 5. The number of carbonyl (C=O) groups excluding carboxylic acids is 1. The van der Waals surface area contributed by atoms with E-state index in [1.54, 1.807) is 0 Å². The molecule has 238 valence electrons. The predicted molar refractivity (Wildman–Crippen MR) is 151 cm³/mol. The lowest BCUT2D eigenvalue weighted by molar-refractivity contribution is -0.207. The van der Waals surface area contributed by atoms with Gasteiger partial charge in [-0.25, -0.2) is 0 Å². The molecule has 15 unspecified atom stereocenters. The van der Waals surface area contributed by atoms with Crippen LogP contribution in [0.4, 0.5) is 0 Å². The van der Waals surface area contributed by atoms with E-state index in [0.717, 1.165) is 38.5 Å². The molecule has 0 heterocycles. The van der Waals surface area contributed by atoms with Crippen LogP contribution in [0, 0.1) is 46.3 Å². The van der Waals surface area contributed by atoms with Crippen molar-refractivity contribution in [2.24, 2.45) is 46.3 Å². The Labute approximate surface area is 244 Å². The SMILES string of the molecule is CC(CCC(=O)N(C)CC(O)C(O)C(O)C(O)CO)C1CCC2C3C(O)CC4CC(O)CCC4(C)C3CC(O)C12C. The van der Waals surface area contributed by atoms with E-state index in [4.69, 9.17) is 5.11 Å². The minimum absolute atomic E-state index is 0.0243. The second kappa shape index (κ2) is 12.6. The third-order valence-electron chi connectivity index (χ3n) is 12.5. The van der Waals surface area contributed by atoms with Crippen molar-refractivity contribution < 1.29 is 45.6 Å². The molecule has 0 aromatic heterocycles. The summed E-state index contributed by atoms with van der Waals surface area (Å²) >= 11 is 0. The molecule has 0 spiro atoms. The lowest BCUT2D eigenvalue weighted by Gasteiger charge is -2.63. The van der Waals surface area contributed by atoms with Gasteiger partial charge in [-0.1, -0.05) is 20.8 Å². The number of aliphatic hydroxyl groups is 8. The Hall–Kier alpha value is -0.850. The van der Waals surface area contributed by atoms with Crippen LogP contribution in [0.25, 0.3) is 0 Å². The molecule has 0 aromatic rings. The van der Waals surface area contributed by atoms with Crippen LogP contribution >= 0.6 is 0 Å². The number of carbonyl (C=O) groups is 1. The fourth-order valence-corrected chi connectivity index (χ4v) is 9.93. The van der Waals surface area contributed by atoms with Crippen LogP contribution in [0.5, 0.6) is 0 Å². The van der Waals surface area contributed by atoms with Gasteiger partial charge in [-0.15, -0.1) is 0 Å². The number of hydrogen-bond donors (Lipinski definition) is 8. The van der Waals surface area contributed by atoms with Gasteiger partial charge in [-0.05, 0) is 97.7 Å². The molecule has 0 aliphatic heterocycles. The number of nitrogens with zero attached hydrogens (tertiary/aromatic N) is 1. The summed E-state index contributed by atoms with van der Waals surface area (Å²) < 4.78 is 0. The van der Waals surface area contributed by atoms with Gasteiger partial charge in [0.25, 0.3) is 0 Å². The van der Waals surface area contributed by atoms with Gasteiger partial charge < -0.3 is 45.8 Å². The van der Waals surface area contributed by atoms with Crippen molar-refractivity contribution >= 4 is 5.91 Å². The van der Waals surface area contributed by atoms with Crippen LogP contribution in [-0.2, 0) is 4.79 Å². The zero-order valence-electron chi connectivity index (χ0n) is 25.2. The van der Waals surface area contributed by atoms with Gasteiger partial charge in [0, 0.05) is 20.0 Å². The number of rotatable bonds is 10.